The molecule has 1 atom stereocenters. The van der Waals surface area contributed by atoms with E-state index < -0.39 is 0 Å². The molecule has 2 aliphatic rings. The number of aromatic nitrogens is 1. The summed E-state index contributed by atoms with van der Waals surface area (Å²) >= 11 is 1.53. The van der Waals surface area contributed by atoms with Crippen molar-refractivity contribution in [1.29, 1.82) is 5.26 Å². The fourth-order valence-corrected chi connectivity index (χ4v) is 5.75. The van der Waals surface area contributed by atoms with Gasteiger partial charge in [0.05, 0.1) is 18.3 Å². The van der Waals surface area contributed by atoms with Crippen LogP contribution < -0.4 is 0 Å². The number of aliphatic hydroxyl groups is 1. The smallest absolute Gasteiger partial charge is 0.409 e. The molecule has 3 heterocycles. The van der Waals surface area contributed by atoms with Gasteiger partial charge >= 0.3 is 6.09 Å². The van der Waals surface area contributed by atoms with Gasteiger partial charge < -0.3 is 14.7 Å². The van der Waals surface area contributed by atoms with Crippen molar-refractivity contribution in [1.82, 2.24) is 9.88 Å². The number of hydrogen-bond donors (Lipinski definition) is 1. The van der Waals surface area contributed by atoms with Crippen LogP contribution in [0.1, 0.15) is 45.7 Å². The van der Waals surface area contributed by atoms with Crippen molar-refractivity contribution in [3.05, 3.63) is 57.0 Å². The number of nitriles is 1. The van der Waals surface area contributed by atoms with Gasteiger partial charge in [-0.1, -0.05) is 6.07 Å². The molecule has 1 aliphatic heterocycles. The predicted molar refractivity (Wildman–Crippen MR) is 125 cm³/mol. The molecule has 2 aromatic heterocycles. The van der Waals surface area contributed by atoms with E-state index in [4.69, 9.17) is 4.74 Å². The standard InChI is InChI=1S/C25H27N3O4S/c26-14-22-21-6-4-18(16-32-25(31)28-10-7-19(29)8-11-28)12-23(21)33-24(22)13-20(30)5-3-17-2-1-9-27-15-17/h1-3,5,9,15,18-19,29H,4,6-8,10-13,16H2/b5-3+/t18-/m1/s1. The minimum atomic E-state index is -0.328. The minimum Gasteiger partial charge on any atom is -0.449 e. The fourth-order valence-electron chi connectivity index (χ4n) is 4.32. The highest BCUT2D eigenvalue weighted by Gasteiger charge is 2.28. The fraction of sp³-hybridized carbons (Fsp3) is 0.440. The number of thiophene rings is 1. The summed E-state index contributed by atoms with van der Waals surface area (Å²) in [7, 11) is 0. The first-order valence-electron chi connectivity index (χ1n) is 11.3. The molecule has 0 aromatic carbocycles. The average molecular weight is 466 g/mol. The number of nitrogens with zero attached hydrogens (tertiary/aromatic N) is 3. The van der Waals surface area contributed by atoms with Gasteiger partial charge in [-0.3, -0.25) is 9.78 Å². The topological polar surface area (TPSA) is 104 Å². The average Bonchev–Trinajstić information content (AvgIpc) is 3.18. The van der Waals surface area contributed by atoms with Crippen LogP contribution in [0, 0.1) is 17.2 Å². The summed E-state index contributed by atoms with van der Waals surface area (Å²) in [6.45, 7) is 1.40. The van der Waals surface area contributed by atoms with Crippen LogP contribution >= 0.6 is 11.3 Å². The summed E-state index contributed by atoms with van der Waals surface area (Å²) in [5.41, 5.74) is 2.55. The van der Waals surface area contributed by atoms with Gasteiger partial charge in [0.2, 0.25) is 0 Å². The van der Waals surface area contributed by atoms with E-state index in [-0.39, 0.29) is 30.3 Å². The Kier molecular flexibility index (Phi) is 7.53. The van der Waals surface area contributed by atoms with Crippen molar-refractivity contribution in [3.63, 3.8) is 0 Å². The first kappa shape index (κ1) is 23.1. The third kappa shape index (κ3) is 5.86. The molecule has 1 aliphatic carbocycles. The number of ether oxygens (including phenoxy) is 1. The minimum absolute atomic E-state index is 0.0499. The molecule has 4 rings (SSSR count). The van der Waals surface area contributed by atoms with E-state index in [1.54, 1.807) is 29.4 Å². The lowest BCUT2D eigenvalue weighted by Gasteiger charge is -2.30. The second-order valence-corrected chi connectivity index (χ2v) is 9.77. The highest BCUT2D eigenvalue weighted by molar-refractivity contribution is 7.12. The third-order valence-electron chi connectivity index (χ3n) is 6.20. The molecule has 0 bridgehead atoms. The molecule has 8 heteroatoms. The first-order valence-corrected chi connectivity index (χ1v) is 12.1. The van der Waals surface area contributed by atoms with Crippen LogP contribution in [-0.2, 0) is 28.8 Å². The third-order valence-corrected chi connectivity index (χ3v) is 7.45. The highest BCUT2D eigenvalue weighted by atomic mass is 32.1. The molecule has 1 saturated heterocycles. The lowest BCUT2D eigenvalue weighted by Crippen LogP contribution is -2.41. The molecule has 0 radical (unpaired) electrons. The quantitative estimate of drug-likeness (QED) is 0.655. The Balaban J connectivity index is 1.34. The molecule has 1 amide bonds. The molecular weight excluding hydrogens is 438 g/mol. The van der Waals surface area contributed by atoms with Gasteiger partial charge in [0, 0.05) is 41.7 Å². The van der Waals surface area contributed by atoms with Crippen molar-refractivity contribution < 1.29 is 19.4 Å². The van der Waals surface area contributed by atoms with Crippen LogP contribution in [0.5, 0.6) is 0 Å². The molecule has 7 nitrogen and oxygen atoms in total. The summed E-state index contributed by atoms with van der Waals surface area (Å²) in [6.07, 6.45) is 9.75. The Bertz CT molecular complexity index is 1070. The van der Waals surface area contributed by atoms with Crippen LogP contribution in [0.2, 0.25) is 0 Å². The van der Waals surface area contributed by atoms with Gasteiger partial charge in [-0.2, -0.15) is 5.26 Å². The molecule has 2 aromatic rings. The summed E-state index contributed by atoms with van der Waals surface area (Å²) in [5.74, 6) is 0.155. The maximum Gasteiger partial charge on any atom is 0.409 e. The van der Waals surface area contributed by atoms with Gasteiger partial charge in [-0.25, -0.2) is 4.79 Å². The lowest BCUT2D eigenvalue weighted by molar-refractivity contribution is -0.113. The molecule has 0 spiro atoms. The van der Waals surface area contributed by atoms with E-state index in [9.17, 15) is 20.0 Å². The number of allylic oxidation sites excluding steroid dienone is 1. The Morgan fingerprint density at radius 1 is 1.33 bits per heavy atom. The van der Waals surface area contributed by atoms with Gasteiger partial charge in [-0.15, -0.1) is 11.3 Å². The van der Waals surface area contributed by atoms with Crippen LogP contribution in [0.3, 0.4) is 0 Å². The van der Waals surface area contributed by atoms with Crippen molar-refractivity contribution in [2.45, 2.75) is 44.6 Å². The normalized spacial score (nSPS) is 18.7. The Hall–Kier alpha value is -3.02. The molecule has 1 N–H and O–H groups in total. The summed E-state index contributed by atoms with van der Waals surface area (Å²) in [4.78, 5) is 32.4. The Labute approximate surface area is 197 Å². The second kappa shape index (κ2) is 10.7. The zero-order valence-corrected chi connectivity index (χ0v) is 19.2. The zero-order chi connectivity index (χ0) is 23.2. The van der Waals surface area contributed by atoms with Gasteiger partial charge in [0.1, 0.15) is 6.07 Å². The van der Waals surface area contributed by atoms with Crippen LogP contribution in [0.25, 0.3) is 6.08 Å². The predicted octanol–water partition coefficient (Wildman–Crippen LogP) is 3.54. The number of rotatable bonds is 6. The lowest BCUT2D eigenvalue weighted by atomic mass is 9.87. The van der Waals surface area contributed by atoms with E-state index in [1.165, 1.54) is 11.3 Å². The Morgan fingerprint density at radius 2 is 2.15 bits per heavy atom. The summed E-state index contributed by atoms with van der Waals surface area (Å²) in [6, 6.07) is 6.00. The van der Waals surface area contributed by atoms with Gasteiger partial charge in [0.25, 0.3) is 0 Å². The summed E-state index contributed by atoms with van der Waals surface area (Å²) < 4.78 is 5.55. The summed E-state index contributed by atoms with van der Waals surface area (Å²) in [5, 5.41) is 19.3. The molecule has 172 valence electrons. The van der Waals surface area contributed by atoms with Crippen molar-refractivity contribution >= 4 is 29.3 Å². The van der Waals surface area contributed by atoms with Crippen LogP contribution in [0.4, 0.5) is 4.79 Å². The van der Waals surface area contributed by atoms with E-state index in [0.29, 0.717) is 38.1 Å². The van der Waals surface area contributed by atoms with Crippen molar-refractivity contribution in [2.24, 2.45) is 5.92 Å². The maximum atomic E-state index is 12.5. The number of likely N-dealkylation sites (tertiary alicyclic amines) is 1. The molecule has 0 unspecified atom stereocenters. The number of carbonyl (C=O) groups excluding carboxylic acids is 2. The largest absolute Gasteiger partial charge is 0.449 e. The number of fused-ring (bicyclic) bond motifs is 1. The maximum absolute atomic E-state index is 12.5. The highest BCUT2D eigenvalue weighted by Crippen LogP contribution is 2.36. The second-order valence-electron chi connectivity index (χ2n) is 8.58. The number of piperidine rings is 1. The number of carbonyl (C=O) groups is 2. The van der Waals surface area contributed by atoms with Crippen molar-refractivity contribution in [2.75, 3.05) is 19.7 Å². The molecule has 33 heavy (non-hydrogen) atoms. The van der Waals surface area contributed by atoms with E-state index >= 15 is 0 Å². The number of hydrogen-bond acceptors (Lipinski definition) is 7. The number of aliphatic hydroxyl groups excluding tert-OH is 1. The Morgan fingerprint density at radius 3 is 2.88 bits per heavy atom. The van der Waals surface area contributed by atoms with Gasteiger partial charge in [0.15, 0.2) is 5.78 Å². The number of amides is 1. The van der Waals surface area contributed by atoms with Crippen molar-refractivity contribution in [3.8, 4) is 6.07 Å². The SMILES string of the molecule is N#Cc1c(CC(=O)/C=C/c2cccnc2)sc2c1CC[C@@H](COC(=O)N1CCC(O)CC1)C2. The molecule has 1 fully saturated rings. The van der Waals surface area contributed by atoms with Crippen LogP contribution in [0.15, 0.2) is 30.6 Å². The van der Waals surface area contributed by atoms with E-state index in [2.05, 4.69) is 11.1 Å². The van der Waals surface area contributed by atoms with E-state index in [1.807, 2.05) is 12.1 Å². The van der Waals surface area contributed by atoms with Gasteiger partial charge in [-0.05, 0) is 67.4 Å². The first-order chi connectivity index (χ1) is 16.0. The number of pyridine rings is 1. The van der Waals surface area contributed by atoms with E-state index in [0.717, 1.165) is 40.1 Å². The number of ketones is 1. The molecular formula is C25H27N3O4S. The monoisotopic (exact) mass is 465 g/mol. The zero-order valence-electron chi connectivity index (χ0n) is 18.4. The van der Waals surface area contributed by atoms with Crippen LogP contribution in [-0.4, -0.2) is 52.7 Å². The molecule has 0 saturated carbocycles.